The van der Waals surface area contributed by atoms with E-state index >= 15 is 0 Å². The van der Waals surface area contributed by atoms with Crippen molar-refractivity contribution in [1.29, 1.82) is 0 Å². The van der Waals surface area contributed by atoms with Gasteiger partial charge in [0.15, 0.2) is 0 Å². The molecule has 6 nitrogen and oxygen atoms in total. The van der Waals surface area contributed by atoms with E-state index in [4.69, 9.17) is 16.3 Å². The van der Waals surface area contributed by atoms with Gasteiger partial charge in [-0.25, -0.2) is 0 Å². The quantitative estimate of drug-likeness (QED) is 0.739. The van der Waals surface area contributed by atoms with Gasteiger partial charge in [-0.05, 0) is 14.1 Å². The molecule has 0 radical (unpaired) electrons. The average Bonchev–Trinajstić information content (AvgIpc) is 2.64. The number of aromatic nitrogens is 4. The minimum atomic E-state index is 0.348. The Kier molecular flexibility index (Phi) is 3.21. The van der Waals surface area contributed by atoms with Crippen molar-refractivity contribution in [1.82, 2.24) is 24.5 Å². The predicted molar refractivity (Wildman–Crippen MR) is 59.8 cm³/mol. The van der Waals surface area contributed by atoms with Crippen molar-refractivity contribution >= 4 is 17.4 Å². The lowest BCUT2D eigenvalue weighted by Crippen LogP contribution is -2.20. The molecule has 0 saturated carbocycles. The fourth-order valence-corrected chi connectivity index (χ4v) is 1.36. The Morgan fingerprint density at radius 1 is 1.50 bits per heavy atom. The first-order chi connectivity index (χ1) is 7.66. The molecule has 0 fully saturated rings. The summed E-state index contributed by atoms with van der Waals surface area (Å²) in [6, 6.07) is 1.62. The lowest BCUT2D eigenvalue weighted by atomic mass is 10.6. The maximum Gasteiger partial charge on any atom is 0.256 e. The van der Waals surface area contributed by atoms with Crippen LogP contribution in [-0.2, 0) is 0 Å². The van der Waals surface area contributed by atoms with Crippen LogP contribution in [0.3, 0.4) is 0 Å². The fraction of sp³-hybridized carbons (Fsp3) is 0.444. The second-order valence-corrected chi connectivity index (χ2v) is 3.93. The van der Waals surface area contributed by atoms with Gasteiger partial charge in [0.25, 0.3) is 5.78 Å². The summed E-state index contributed by atoms with van der Waals surface area (Å²) in [7, 11) is 3.96. The molecule has 0 atom stereocenters. The van der Waals surface area contributed by atoms with Crippen molar-refractivity contribution in [2.24, 2.45) is 0 Å². The van der Waals surface area contributed by atoms with Crippen LogP contribution in [0.5, 0.6) is 5.88 Å². The maximum atomic E-state index is 5.84. The minimum absolute atomic E-state index is 0.348. The highest BCUT2D eigenvalue weighted by Gasteiger charge is 2.07. The van der Waals surface area contributed by atoms with Crippen LogP contribution in [-0.4, -0.2) is 51.7 Å². The van der Waals surface area contributed by atoms with Gasteiger partial charge in [0.2, 0.25) is 5.88 Å². The van der Waals surface area contributed by atoms with E-state index in [-0.39, 0.29) is 0 Å². The summed E-state index contributed by atoms with van der Waals surface area (Å²) in [6.45, 7) is 1.37. The molecular weight excluding hydrogens is 230 g/mol. The number of likely N-dealkylation sites (N-methyl/N-ethyl adjacent to an activating group) is 1. The molecule has 0 aliphatic carbocycles. The van der Waals surface area contributed by atoms with Gasteiger partial charge in [-0.1, -0.05) is 11.6 Å². The Morgan fingerprint density at radius 3 is 3.06 bits per heavy atom. The Bertz CT molecular complexity index is 484. The zero-order valence-corrected chi connectivity index (χ0v) is 9.85. The second-order valence-electron chi connectivity index (χ2n) is 3.54. The highest BCUT2D eigenvalue weighted by Crippen LogP contribution is 2.16. The molecule has 86 valence electrons. The first kappa shape index (κ1) is 11.1. The lowest BCUT2D eigenvalue weighted by molar-refractivity contribution is 0.249. The van der Waals surface area contributed by atoms with Crippen LogP contribution in [0.4, 0.5) is 0 Å². The molecule has 0 saturated heterocycles. The van der Waals surface area contributed by atoms with Crippen LogP contribution < -0.4 is 4.74 Å². The van der Waals surface area contributed by atoms with Crippen molar-refractivity contribution < 1.29 is 4.74 Å². The molecule has 2 rings (SSSR count). The monoisotopic (exact) mass is 241 g/mol. The van der Waals surface area contributed by atoms with Gasteiger partial charge in [-0.15, -0.1) is 0 Å². The normalized spacial score (nSPS) is 11.2. The summed E-state index contributed by atoms with van der Waals surface area (Å²) >= 11 is 5.84. The first-order valence-corrected chi connectivity index (χ1v) is 5.18. The minimum Gasteiger partial charge on any atom is -0.476 e. The molecule has 0 spiro atoms. The number of ether oxygens (including phenoxy) is 1. The zero-order valence-electron chi connectivity index (χ0n) is 9.09. The average molecular weight is 242 g/mol. The molecule has 16 heavy (non-hydrogen) atoms. The number of rotatable bonds is 4. The van der Waals surface area contributed by atoms with E-state index in [2.05, 4.69) is 15.1 Å². The van der Waals surface area contributed by atoms with Crippen molar-refractivity contribution in [3.05, 3.63) is 17.5 Å². The van der Waals surface area contributed by atoms with E-state index in [0.29, 0.717) is 23.4 Å². The van der Waals surface area contributed by atoms with Crippen LogP contribution in [0, 0.1) is 0 Å². The van der Waals surface area contributed by atoms with E-state index in [0.717, 1.165) is 6.54 Å². The van der Waals surface area contributed by atoms with Gasteiger partial charge < -0.3 is 9.64 Å². The van der Waals surface area contributed by atoms with Crippen LogP contribution in [0.2, 0.25) is 5.15 Å². The third-order valence-electron chi connectivity index (χ3n) is 1.98. The molecule has 0 N–H and O–H groups in total. The van der Waals surface area contributed by atoms with Gasteiger partial charge >= 0.3 is 0 Å². The smallest absolute Gasteiger partial charge is 0.256 e. The van der Waals surface area contributed by atoms with Gasteiger partial charge in [0, 0.05) is 12.6 Å². The van der Waals surface area contributed by atoms with E-state index in [9.17, 15) is 0 Å². The molecule has 0 unspecified atom stereocenters. The Morgan fingerprint density at radius 2 is 2.31 bits per heavy atom. The number of halogens is 1. The van der Waals surface area contributed by atoms with Gasteiger partial charge in [0.05, 0.1) is 0 Å². The molecule has 2 heterocycles. The molecule has 7 heteroatoms. The van der Waals surface area contributed by atoms with Crippen molar-refractivity contribution in [2.45, 2.75) is 0 Å². The number of nitrogens with zero attached hydrogens (tertiary/aromatic N) is 5. The Balaban J connectivity index is 2.19. The molecule has 0 bridgehead atoms. The maximum absolute atomic E-state index is 5.84. The van der Waals surface area contributed by atoms with Crippen molar-refractivity contribution in [3.8, 4) is 5.88 Å². The van der Waals surface area contributed by atoms with Crippen LogP contribution >= 0.6 is 11.6 Å². The van der Waals surface area contributed by atoms with Crippen molar-refractivity contribution in [3.63, 3.8) is 0 Å². The number of hydrogen-bond acceptors (Lipinski definition) is 5. The topological polar surface area (TPSA) is 55.5 Å². The highest BCUT2D eigenvalue weighted by atomic mass is 35.5. The van der Waals surface area contributed by atoms with E-state index in [1.54, 1.807) is 6.07 Å². The summed E-state index contributed by atoms with van der Waals surface area (Å²) in [5.74, 6) is 0.988. The van der Waals surface area contributed by atoms with Crippen LogP contribution in [0.1, 0.15) is 0 Å². The third kappa shape index (κ3) is 2.40. The van der Waals surface area contributed by atoms with Gasteiger partial charge in [-0.2, -0.15) is 19.6 Å². The van der Waals surface area contributed by atoms with Gasteiger partial charge in [-0.3, -0.25) is 0 Å². The van der Waals surface area contributed by atoms with E-state index in [1.807, 2.05) is 19.0 Å². The summed E-state index contributed by atoms with van der Waals surface area (Å²) in [5, 5.41) is 4.35. The molecule has 2 aromatic rings. The molecule has 2 aromatic heterocycles. The molecule has 0 aromatic carbocycles. The fourth-order valence-electron chi connectivity index (χ4n) is 1.19. The molecule has 0 amide bonds. The second kappa shape index (κ2) is 4.63. The Labute approximate surface area is 97.8 Å². The molecule has 0 aliphatic heterocycles. The summed E-state index contributed by atoms with van der Waals surface area (Å²) < 4.78 is 7.08. The third-order valence-corrected chi connectivity index (χ3v) is 2.17. The molecular formula is C9H12ClN5O. The first-order valence-electron chi connectivity index (χ1n) is 4.80. The lowest BCUT2D eigenvalue weighted by Gasteiger charge is -2.11. The van der Waals surface area contributed by atoms with Crippen LogP contribution in [0.25, 0.3) is 5.78 Å². The van der Waals surface area contributed by atoms with Crippen LogP contribution in [0.15, 0.2) is 12.4 Å². The predicted octanol–water partition coefficient (Wildman–Crippen LogP) is 0.718. The highest BCUT2D eigenvalue weighted by molar-refractivity contribution is 6.29. The Hall–Kier alpha value is -1.40. The summed E-state index contributed by atoms with van der Waals surface area (Å²) in [6.07, 6.45) is 1.41. The largest absolute Gasteiger partial charge is 0.476 e. The zero-order chi connectivity index (χ0) is 11.5. The number of fused-ring (bicyclic) bond motifs is 1. The van der Waals surface area contributed by atoms with E-state index < -0.39 is 0 Å². The SMILES string of the molecule is CN(C)CCOc1cc(Cl)nc2ncnn12. The summed E-state index contributed by atoms with van der Waals surface area (Å²) in [4.78, 5) is 9.98. The van der Waals surface area contributed by atoms with E-state index in [1.165, 1.54) is 10.8 Å². The standard InChI is InChI=1S/C9H12ClN5O/c1-14(2)3-4-16-8-5-7(10)13-9-11-6-12-15(8)9/h5-6H,3-4H2,1-2H3. The van der Waals surface area contributed by atoms with Crippen molar-refractivity contribution in [2.75, 3.05) is 27.2 Å². The number of hydrogen-bond donors (Lipinski definition) is 0. The van der Waals surface area contributed by atoms with Gasteiger partial charge in [0.1, 0.15) is 18.1 Å². The molecule has 0 aliphatic rings. The summed E-state index contributed by atoms with van der Waals surface area (Å²) in [5.41, 5.74) is 0.